The second-order valence-corrected chi connectivity index (χ2v) is 3.09. The highest BCUT2D eigenvalue weighted by atomic mass is 35.5. The zero-order chi connectivity index (χ0) is 10.6. The molecule has 0 heterocycles. The van der Waals surface area contributed by atoms with Gasteiger partial charge in [0.15, 0.2) is 5.56 Å². The minimum Gasteiger partial charge on any atom is -0.389 e. The molecule has 0 aromatic carbocycles. The first-order valence-electron chi connectivity index (χ1n) is 3.66. The summed E-state index contributed by atoms with van der Waals surface area (Å²) in [6, 6.07) is 0. The van der Waals surface area contributed by atoms with Gasteiger partial charge in [-0.3, -0.25) is 0 Å². The molecular weight excluding hydrogens is 202 g/mol. The fraction of sp³-hybridized carbons (Fsp3) is 1.00. The Morgan fingerprint density at radius 1 is 0.923 bits per heavy atom. The van der Waals surface area contributed by atoms with Gasteiger partial charge in [0, 0.05) is 6.54 Å². The van der Waals surface area contributed by atoms with Crippen LogP contribution in [0.1, 0.15) is 0 Å². The van der Waals surface area contributed by atoms with Crippen molar-refractivity contribution in [2.75, 3.05) is 6.54 Å². The molecule has 0 aromatic heterocycles. The molecule has 0 spiro atoms. The van der Waals surface area contributed by atoms with Crippen LogP contribution in [0.3, 0.4) is 0 Å². The molecule has 0 saturated carbocycles. The molecule has 0 bridgehead atoms. The molecule has 0 aromatic rings. The first kappa shape index (κ1) is 13.1. The number of hydrogen-bond donors (Lipinski definition) is 6. The third-order valence-corrected chi connectivity index (χ3v) is 1.88. The van der Waals surface area contributed by atoms with Gasteiger partial charge in [-0.2, -0.15) is 0 Å². The van der Waals surface area contributed by atoms with E-state index < -0.39 is 30.0 Å². The summed E-state index contributed by atoms with van der Waals surface area (Å²) >= 11 is 5.04. The number of hydrogen-bond acceptors (Lipinski definition) is 6. The number of aliphatic hydroxyl groups excluding tert-OH is 5. The zero-order valence-electron chi connectivity index (χ0n) is 6.79. The van der Waals surface area contributed by atoms with Crippen LogP contribution in [-0.4, -0.2) is 62.1 Å². The van der Waals surface area contributed by atoms with E-state index in [1.165, 1.54) is 0 Å². The van der Waals surface area contributed by atoms with E-state index in [-0.39, 0.29) is 6.54 Å². The second kappa shape index (κ2) is 5.71. The first-order chi connectivity index (χ1) is 5.91. The maximum atomic E-state index is 9.10. The number of aliphatic hydroxyl groups is 5. The minimum absolute atomic E-state index is 0.274. The van der Waals surface area contributed by atoms with E-state index in [1.807, 2.05) is 0 Å². The van der Waals surface area contributed by atoms with Crippen molar-refractivity contribution in [1.82, 2.24) is 0 Å². The Hall–Kier alpha value is 0.0500. The first-order valence-corrected chi connectivity index (χ1v) is 4.10. The van der Waals surface area contributed by atoms with Crippen molar-refractivity contribution in [3.05, 3.63) is 0 Å². The van der Waals surface area contributed by atoms with Crippen molar-refractivity contribution in [3.63, 3.8) is 0 Å². The summed E-state index contributed by atoms with van der Waals surface area (Å²) in [7, 11) is 0. The predicted molar refractivity (Wildman–Crippen MR) is 44.9 cm³/mol. The highest BCUT2D eigenvalue weighted by Gasteiger charge is 2.32. The summed E-state index contributed by atoms with van der Waals surface area (Å²) in [4.78, 5) is 0. The molecule has 13 heavy (non-hydrogen) atoms. The van der Waals surface area contributed by atoms with E-state index in [0.717, 1.165) is 0 Å². The zero-order valence-corrected chi connectivity index (χ0v) is 7.54. The lowest BCUT2D eigenvalue weighted by molar-refractivity contribution is -0.118. The van der Waals surface area contributed by atoms with Crippen LogP contribution >= 0.6 is 11.6 Å². The van der Waals surface area contributed by atoms with Gasteiger partial charge < -0.3 is 31.3 Å². The molecule has 0 saturated heterocycles. The molecule has 0 rings (SSSR count). The van der Waals surface area contributed by atoms with E-state index in [9.17, 15) is 0 Å². The second-order valence-electron chi connectivity index (χ2n) is 2.65. The third kappa shape index (κ3) is 3.74. The molecule has 0 fully saturated rings. The van der Waals surface area contributed by atoms with E-state index in [2.05, 4.69) is 0 Å². The Morgan fingerprint density at radius 3 is 1.69 bits per heavy atom. The van der Waals surface area contributed by atoms with Crippen molar-refractivity contribution < 1.29 is 25.5 Å². The van der Waals surface area contributed by atoms with E-state index in [0.29, 0.717) is 0 Å². The monoisotopic (exact) mass is 215 g/mol. The van der Waals surface area contributed by atoms with Crippen LogP contribution in [0.5, 0.6) is 0 Å². The molecule has 6 nitrogen and oxygen atoms in total. The lowest BCUT2D eigenvalue weighted by Crippen LogP contribution is -2.49. The fourth-order valence-corrected chi connectivity index (χ4v) is 0.881. The summed E-state index contributed by atoms with van der Waals surface area (Å²) in [6.07, 6.45) is -6.50. The summed E-state index contributed by atoms with van der Waals surface area (Å²) in [5.41, 5.74) is 3.28. The number of nitrogens with two attached hydrogens (primary N) is 1. The number of rotatable bonds is 5. The molecule has 0 amide bonds. The van der Waals surface area contributed by atoms with Crippen LogP contribution < -0.4 is 5.73 Å². The van der Waals surface area contributed by atoms with Crippen molar-refractivity contribution in [2.45, 2.75) is 30.0 Å². The van der Waals surface area contributed by atoms with Crippen LogP contribution in [0.25, 0.3) is 0 Å². The predicted octanol–water partition coefficient (Wildman–Crippen LogP) is -3.05. The highest BCUT2D eigenvalue weighted by Crippen LogP contribution is 2.09. The van der Waals surface area contributed by atoms with Gasteiger partial charge >= 0.3 is 0 Å². The van der Waals surface area contributed by atoms with Crippen molar-refractivity contribution >= 4 is 11.6 Å². The molecular formula is C6H14ClNO5. The Labute approximate surface area is 80.2 Å². The summed E-state index contributed by atoms with van der Waals surface area (Å²) in [6.45, 7) is -0.274. The number of alkyl halides is 1. The maximum Gasteiger partial charge on any atom is 0.156 e. The summed E-state index contributed by atoms with van der Waals surface area (Å²) < 4.78 is 0. The van der Waals surface area contributed by atoms with Crippen LogP contribution in [0, 0.1) is 0 Å². The molecule has 0 aliphatic carbocycles. The molecule has 0 aliphatic heterocycles. The van der Waals surface area contributed by atoms with Crippen molar-refractivity contribution in [2.24, 2.45) is 5.73 Å². The largest absolute Gasteiger partial charge is 0.389 e. The topological polar surface area (TPSA) is 127 Å². The Kier molecular flexibility index (Phi) is 5.73. The smallest absolute Gasteiger partial charge is 0.156 e. The molecule has 7 N–H and O–H groups in total. The average molecular weight is 216 g/mol. The summed E-state index contributed by atoms with van der Waals surface area (Å²) in [5, 5.41) is 44.7. The highest BCUT2D eigenvalue weighted by molar-refractivity contribution is 6.19. The van der Waals surface area contributed by atoms with Crippen LogP contribution in [0.2, 0.25) is 0 Å². The van der Waals surface area contributed by atoms with Gasteiger partial charge in [0.1, 0.15) is 18.3 Å². The molecule has 0 aliphatic rings. The van der Waals surface area contributed by atoms with Crippen molar-refractivity contribution in [3.8, 4) is 0 Å². The maximum absolute atomic E-state index is 9.10. The molecule has 5 unspecified atom stereocenters. The van der Waals surface area contributed by atoms with Crippen LogP contribution in [0.15, 0.2) is 0 Å². The SMILES string of the molecule is NCC(O)C(O)C(O)C(O)C(O)Cl. The normalized spacial score (nSPS) is 23.3. The van der Waals surface area contributed by atoms with Gasteiger partial charge in [0.2, 0.25) is 0 Å². The van der Waals surface area contributed by atoms with Crippen molar-refractivity contribution in [1.29, 1.82) is 0 Å². The van der Waals surface area contributed by atoms with Gasteiger partial charge in [0.05, 0.1) is 6.10 Å². The Bertz CT molecular complexity index is 147. The average Bonchev–Trinajstić information content (AvgIpc) is 2.12. The standard InChI is InChI=1S/C6H14ClNO5/c7-6(13)5(12)4(11)3(10)2(9)1-8/h2-6,9-13H,1,8H2. The molecule has 80 valence electrons. The fourth-order valence-electron chi connectivity index (χ4n) is 0.732. The lowest BCUT2D eigenvalue weighted by atomic mass is 10.0. The Morgan fingerprint density at radius 2 is 1.38 bits per heavy atom. The quantitative estimate of drug-likeness (QED) is 0.271. The van der Waals surface area contributed by atoms with E-state index in [1.54, 1.807) is 0 Å². The molecule has 7 heteroatoms. The van der Waals surface area contributed by atoms with Gasteiger partial charge in [-0.15, -0.1) is 0 Å². The lowest BCUT2D eigenvalue weighted by Gasteiger charge is -2.26. The van der Waals surface area contributed by atoms with Crippen LogP contribution in [-0.2, 0) is 0 Å². The van der Waals surface area contributed by atoms with Gasteiger partial charge in [-0.25, -0.2) is 0 Å². The molecule has 0 radical (unpaired) electrons. The van der Waals surface area contributed by atoms with Gasteiger partial charge in [-0.1, -0.05) is 11.6 Å². The third-order valence-electron chi connectivity index (χ3n) is 1.62. The minimum atomic E-state index is -1.74. The van der Waals surface area contributed by atoms with Gasteiger partial charge in [-0.05, 0) is 0 Å². The van der Waals surface area contributed by atoms with E-state index >= 15 is 0 Å². The van der Waals surface area contributed by atoms with E-state index in [4.69, 9.17) is 42.9 Å². The molecule has 5 atom stereocenters. The number of halogens is 1. The van der Waals surface area contributed by atoms with Crippen LogP contribution in [0.4, 0.5) is 0 Å². The Balaban J connectivity index is 4.15. The van der Waals surface area contributed by atoms with Gasteiger partial charge in [0.25, 0.3) is 0 Å². The summed E-state index contributed by atoms with van der Waals surface area (Å²) in [5.74, 6) is 0.